The molecule has 0 aliphatic carbocycles. The third-order valence-electron chi connectivity index (χ3n) is 3.32. The van der Waals surface area contributed by atoms with Gasteiger partial charge in [-0.25, -0.2) is 0 Å². The monoisotopic (exact) mass is 340 g/mol. The van der Waals surface area contributed by atoms with Gasteiger partial charge in [0.15, 0.2) is 0 Å². The molecule has 0 aliphatic rings. The first-order chi connectivity index (χ1) is 9.68. The summed E-state index contributed by atoms with van der Waals surface area (Å²) in [6, 6.07) is 0. The van der Waals surface area contributed by atoms with E-state index >= 15 is 0 Å². The lowest BCUT2D eigenvalue weighted by Gasteiger charge is -2.01. The third kappa shape index (κ3) is 36.7. The molecule has 0 aromatic heterocycles. The molecule has 7 N–H and O–H groups in total. The Morgan fingerprint density at radius 1 is 0.682 bits per heavy atom. The van der Waals surface area contributed by atoms with E-state index in [2.05, 4.69) is 13.8 Å². The molecule has 5 heteroatoms. The van der Waals surface area contributed by atoms with Gasteiger partial charge in [-0.3, -0.25) is 4.79 Å². The van der Waals surface area contributed by atoms with Gasteiger partial charge in [-0.15, -0.1) is 11.6 Å². The van der Waals surface area contributed by atoms with Crippen molar-refractivity contribution < 1.29 is 9.90 Å². The SMILES string of the molecule is CCCCCCCCCCCCCCC.N.N.O=C(O)CCl. The zero-order valence-electron chi connectivity index (χ0n) is 15.0. The summed E-state index contributed by atoms with van der Waals surface area (Å²) in [5, 5.41) is 7.59. The highest BCUT2D eigenvalue weighted by Crippen LogP contribution is 2.12. The number of halogens is 1. The largest absolute Gasteiger partial charge is 0.480 e. The molecule has 0 fully saturated rings. The standard InChI is InChI=1S/C15H32.C2H3ClO2.2H3N/c1-3-5-7-9-11-13-15-14-12-10-8-6-4-2;3-1-2(4)5;;/h3-15H2,1-2H3;1H2,(H,4,5);2*1H3. The van der Waals surface area contributed by atoms with E-state index < -0.39 is 5.97 Å². The Kier molecular flexibility index (Phi) is 38.8. The highest BCUT2D eigenvalue weighted by molar-refractivity contribution is 6.26. The topological polar surface area (TPSA) is 107 Å². The zero-order valence-corrected chi connectivity index (χ0v) is 15.8. The molecule has 0 radical (unpaired) electrons. The molecular formula is C17H41ClN2O2. The van der Waals surface area contributed by atoms with Crippen molar-refractivity contribution >= 4 is 17.6 Å². The van der Waals surface area contributed by atoms with Crippen LogP contribution in [0.25, 0.3) is 0 Å². The molecule has 0 amide bonds. The minimum Gasteiger partial charge on any atom is -0.480 e. The minimum absolute atomic E-state index is 0. The Morgan fingerprint density at radius 3 is 1.00 bits per heavy atom. The van der Waals surface area contributed by atoms with Crippen molar-refractivity contribution in [2.24, 2.45) is 0 Å². The van der Waals surface area contributed by atoms with Crippen LogP contribution in [0.4, 0.5) is 0 Å². The molecule has 0 aliphatic heterocycles. The summed E-state index contributed by atoms with van der Waals surface area (Å²) < 4.78 is 0. The zero-order chi connectivity index (χ0) is 15.5. The lowest BCUT2D eigenvalue weighted by Crippen LogP contribution is -1.92. The van der Waals surface area contributed by atoms with Crippen molar-refractivity contribution in [2.75, 3.05) is 5.88 Å². The molecule has 138 valence electrons. The average Bonchev–Trinajstić information content (AvgIpc) is 2.45. The van der Waals surface area contributed by atoms with E-state index in [4.69, 9.17) is 16.7 Å². The first-order valence-electron chi connectivity index (χ1n) is 8.46. The van der Waals surface area contributed by atoms with E-state index in [-0.39, 0.29) is 18.2 Å². The van der Waals surface area contributed by atoms with Gasteiger partial charge in [-0.1, -0.05) is 97.3 Å². The van der Waals surface area contributed by atoms with Crippen molar-refractivity contribution in [2.45, 2.75) is 97.3 Å². The van der Waals surface area contributed by atoms with E-state index in [9.17, 15) is 4.79 Å². The maximum atomic E-state index is 9.24. The van der Waals surface area contributed by atoms with E-state index in [1.54, 1.807) is 0 Å². The predicted molar refractivity (Wildman–Crippen MR) is 99.8 cm³/mol. The first-order valence-corrected chi connectivity index (χ1v) is 9.00. The van der Waals surface area contributed by atoms with Crippen LogP contribution >= 0.6 is 11.6 Å². The van der Waals surface area contributed by atoms with Crippen LogP contribution in [0.1, 0.15) is 97.3 Å². The van der Waals surface area contributed by atoms with Crippen molar-refractivity contribution in [1.29, 1.82) is 0 Å². The number of carboxylic acid groups (broad SMARTS) is 1. The van der Waals surface area contributed by atoms with Gasteiger partial charge in [0, 0.05) is 0 Å². The molecule has 0 spiro atoms. The summed E-state index contributed by atoms with van der Waals surface area (Å²) in [6.45, 7) is 4.58. The molecule has 0 saturated heterocycles. The van der Waals surface area contributed by atoms with Gasteiger partial charge in [0.2, 0.25) is 0 Å². The van der Waals surface area contributed by atoms with Crippen molar-refractivity contribution in [3.8, 4) is 0 Å². The Balaban J connectivity index is -0.000000201. The van der Waals surface area contributed by atoms with Crippen LogP contribution in [-0.4, -0.2) is 17.0 Å². The highest BCUT2D eigenvalue weighted by Gasteiger charge is 1.92. The molecule has 0 atom stereocenters. The fourth-order valence-electron chi connectivity index (χ4n) is 2.09. The fourth-order valence-corrected chi connectivity index (χ4v) is 2.09. The van der Waals surface area contributed by atoms with Gasteiger partial charge >= 0.3 is 5.97 Å². The van der Waals surface area contributed by atoms with Crippen LogP contribution in [0, 0.1) is 0 Å². The molecule has 0 aromatic carbocycles. The van der Waals surface area contributed by atoms with Gasteiger partial charge in [0.1, 0.15) is 5.88 Å². The van der Waals surface area contributed by atoms with Crippen LogP contribution in [0.5, 0.6) is 0 Å². The molecule has 4 nitrogen and oxygen atoms in total. The molecular weight excluding hydrogens is 300 g/mol. The minimum atomic E-state index is -0.980. The third-order valence-corrected chi connectivity index (χ3v) is 3.55. The summed E-state index contributed by atoms with van der Waals surface area (Å²) in [5.74, 6) is -1.29. The second-order valence-corrected chi connectivity index (χ2v) is 5.68. The normalized spacial score (nSPS) is 9.05. The quantitative estimate of drug-likeness (QED) is 0.255. The van der Waals surface area contributed by atoms with Crippen LogP contribution < -0.4 is 12.3 Å². The summed E-state index contributed by atoms with van der Waals surface area (Å²) in [7, 11) is 0. The number of carbonyl (C=O) groups is 1. The molecule has 0 bridgehead atoms. The van der Waals surface area contributed by atoms with Gasteiger partial charge in [0.05, 0.1) is 0 Å². The number of unbranched alkanes of at least 4 members (excludes halogenated alkanes) is 12. The Hall–Kier alpha value is -0.320. The van der Waals surface area contributed by atoms with Crippen molar-refractivity contribution in [3.63, 3.8) is 0 Å². The second kappa shape index (κ2) is 28.8. The number of carboxylic acids is 1. The average molecular weight is 341 g/mol. The smallest absolute Gasteiger partial charge is 0.318 e. The van der Waals surface area contributed by atoms with Crippen LogP contribution in [0.2, 0.25) is 0 Å². The Labute approximate surface area is 143 Å². The van der Waals surface area contributed by atoms with Gasteiger partial charge in [0.25, 0.3) is 0 Å². The predicted octanol–water partition coefficient (Wildman–Crippen LogP) is 6.73. The number of alkyl halides is 1. The van der Waals surface area contributed by atoms with Crippen molar-refractivity contribution in [3.05, 3.63) is 0 Å². The second-order valence-electron chi connectivity index (χ2n) is 5.42. The van der Waals surface area contributed by atoms with Crippen LogP contribution in [-0.2, 0) is 4.79 Å². The number of rotatable bonds is 13. The summed E-state index contributed by atoms with van der Waals surface area (Å²) in [6.07, 6.45) is 18.9. The summed E-state index contributed by atoms with van der Waals surface area (Å²) in [5.41, 5.74) is 0. The molecule has 0 heterocycles. The number of hydrogen-bond donors (Lipinski definition) is 3. The molecule has 0 aromatic rings. The molecule has 0 unspecified atom stereocenters. The summed E-state index contributed by atoms with van der Waals surface area (Å²) >= 11 is 4.74. The fraction of sp³-hybridized carbons (Fsp3) is 0.941. The Morgan fingerprint density at radius 2 is 0.864 bits per heavy atom. The molecule has 0 rings (SSSR count). The first kappa shape index (κ1) is 29.7. The Bertz CT molecular complexity index is 181. The molecule has 0 saturated carbocycles. The molecule has 22 heavy (non-hydrogen) atoms. The maximum absolute atomic E-state index is 9.24. The van der Waals surface area contributed by atoms with Gasteiger partial charge < -0.3 is 17.4 Å². The van der Waals surface area contributed by atoms with Gasteiger partial charge in [-0.05, 0) is 0 Å². The van der Waals surface area contributed by atoms with Crippen LogP contribution in [0.15, 0.2) is 0 Å². The van der Waals surface area contributed by atoms with E-state index in [1.807, 2.05) is 0 Å². The van der Waals surface area contributed by atoms with E-state index in [0.717, 1.165) is 0 Å². The van der Waals surface area contributed by atoms with E-state index in [0.29, 0.717) is 0 Å². The van der Waals surface area contributed by atoms with Gasteiger partial charge in [-0.2, -0.15) is 0 Å². The van der Waals surface area contributed by atoms with Crippen molar-refractivity contribution in [1.82, 2.24) is 12.3 Å². The summed E-state index contributed by atoms with van der Waals surface area (Å²) in [4.78, 5) is 9.24. The van der Waals surface area contributed by atoms with E-state index in [1.165, 1.54) is 83.5 Å². The lowest BCUT2D eigenvalue weighted by atomic mass is 10.1. The van der Waals surface area contributed by atoms with Crippen LogP contribution in [0.3, 0.4) is 0 Å². The number of aliphatic carboxylic acids is 1. The number of hydrogen-bond acceptors (Lipinski definition) is 3. The maximum Gasteiger partial charge on any atom is 0.318 e. The highest BCUT2D eigenvalue weighted by atomic mass is 35.5. The lowest BCUT2D eigenvalue weighted by molar-refractivity contribution is -0.134.